The van der Waals surface area contributed by atoms with E-state index in [-0.39, 0.29) is 0 Å². The molecular weight excluding hydrogens is 358 g/mol. The highest BCUT2D eigenvalue weighted by Gasteiger charge is 2.19. The summed E-state index contributed by atoms with van der Waals surface area (Å²) in [5.41, 5.74) is 3.99. The molecular formula is C25H36N3O+. The first-order chi connectivity index (χ1) is 14.2. The van der Waals surface area contributed by atoms with E-state index in [4.69, 9.17) is 4.74 Å². The van der Waals surface area contributed by atoms with Crippen molar-refractivity contribution in [2.75, 3.05) is 18.1 Å². The zero-order valence-corrected chi connectivity index (χ0v) is 18.4. The molecule has 0 heterocycles. The molecule has 0 atom stereocenters. The zero-order valence-electron chi connectivity index (χ0n) is 18.4. The van der Waals surface area contributed by atoms with E-state index >= 15 is 0 Å². The highest BCUT2D eigenvalue weighted by molar-refractivity contribution is 5.70. The Kier molecular flexibility index (Phi) is 10.1. The minimum atomic E-state index is 0.485. The van der Waals surface area contributed by atoms with Crippen molar-refractivity contribution in [3.63, 3.8) is 0 Å². The molecule has 0 bridgehead atoms. The molecule has 0 spiro atoms. The largest absolute Gasteiger partial charge is 0.486 e. The van der Waals surface area contributed by atoms with Gasteiger partial charge in [-0.05, 0) is 38.0 Å². The molecule has 0 aliphatic rings. The quantitative estimate of drug-likeness (QED) is 0.254. The normalized spacial score (nSPS) is 10.6. The van der Waals surface area contributed by atoms with Gasteiger partial charge in [-0.2, -0.15) is 0 Å². The first-order valence-electron chi connectivity index (χ1n) is 11.2. The van der Waals surface area contributed by atoms with Gasteiger partial charge < -0.3 is 9.64 Å². The summed E-state index contributed by atoms with van der Waals surface area (Å²) in [5.74, 6) is 0.646. The lowest BCUT2D eigenvalue weighted by molar-refractivity contribution is 0.307. The van der Waals surface area contributed by atoms with Crippen LogP contribution in [0.1, 0.15) is 70.8 Å². The van der Waals surface area contributed by atoms with Crippen LogP contribution < -0.4 is 9.64 Å². The lowest BCUT2D eigenvalue weighted by Gasteiger charge is -2.25. The van der Waals surface area contributed by atoms with Gasteiger partial charge in [0.2, 0.25) is 11.1 Å². The number of hydrogen-bond acceptors (Lipinski definition) is 3. The molecule has 0 unspecified atom stereocenters. The molecule has 2 aromatic carbocycles. The molecule has 0 aliphatic heterocycles. The number of ether oxygens (including phenoxy) is 1. The number of benzene rings is 2. The van der Waals surface area contributed by atoms with Crippen LogP contribution in [0.3, 0.4) is 0 Å². The SMILES string of the molecule is CCCCCCOc1cc(N(CCCCCC)c2ccc(C)cc2)ccc1[N+]#N. The summed E-state index contributed by atoms with van der Waals surface area (Å²) in [6.45, 7) is 8.14. The zero-order chi connectivity index (χ0) is 20.9. The van der Waals surface area contributed by atoms with Crippen molar-refractivity contribution in [3.8, 4) is 5.75 Å². The predicted octanol–water partition coefficient (Wildman–Crippen LogP) is 8.16. The van der Waals surface area contributed by atoms with Gasteiger partial charge in [-0.1, -0.05) is 70.1 Å². The number of diazo groups is 1. The van der Waals surface area contributed by atoms with Crippen molar-refractivity contribution in [3.05, 3.63) is 53.0 Å². The standard InChI is InChI=1S/C25H36N3O/c1-4-6-8-10-18-28(22-14-12-21(3)13-15-22)23-16-17-24(27-26)25(20-23)29-19-11-9-7-5-2/h12-17,20H,4-11,18-19H2,1-3H3/q+1. The minimum Gasteiger partial charge on any atom is -0.486 e. The monoisotopic (exact) mass is 394 g/mol. The number of aryl methyl sites for hydroxylation is 1. The Labute approximate surface area is 176 Å². The van der Waals surface area contributed by atoms with Crippen molar-refractivity contribution < 1.29 is 4.74 Å². The summed E-state index contributed by atoms with van der Waals surface area (Å²) < 4.78 is 5.98. The maximum absolute atomic E-state index is 9.37. The molecule has 4 heteroatoms. The second-order valence-electron chi connectivity index (χ2n) is 7.71. The van der Waals surface area contributed by atoms with Crippen LogP contribution in [0.5, 0.6) is 5.75 Å². The van der Waals surface area contributed by atoms with E-state index in [1.54, 1.807) is 0 Å². The van der Waals surface area contributed by atoms with Crippen LogP contribution in [0.4, 0.5) is 17.1 Å². The third-order valence-corrected chi connectivity index (χ3v) is 5.20. The number of unbranched alkanes of at least 4 members (excludes halogenated alkanes) is 6. The van der Waals surface area contributed by atoms with Gasteiger partial charge in [-0.25, -0.2) is 0 Å². The Hall–Kier alpha value is -2.54. The molecule has 0 saturated heterocycles. The van der Waals surface area contributed by atoms with Crippen molar-refractivity contribution in [2.45, 2.75) is 72.1 Å². The van der Waals surface area contributed by atoms with Gasteiger partial charge in [0, 0.05) is 30.1 Å². The van der Waals surface area contributed by atoms with Crippen LogP contribution in [0.2, 0.25) is 0 Å². The molecule has 0 N–H and O–H groups in total. The van der Waals surface area contributed by atoms with Gasteiger partial charge in [0.1, 0.15) is 0 Å². The van der Waals surface area contributed by atoms with Gasteiger partial charge in [-0.3, -0.25) is 0 Å². The lowest BCUT2D eigenvalue weighted by Crippen LogP contribution is -2.18. The van der Waals surface area contributed by atoms with E-state index < -0.39 is 0 Å². The van der Waals surface area contributed by atoms with Gasteiger partial charge in [0.05, 0.1) is 6.61 Å². The number of rotatable bonds is 13. The van der Waals surface area contributed by atoms with Crippen molar-refractivity contribution in [2.24, 2.45) is 0 Å². The predicted molar refractivity (Wildman–Crippen MR) is 123 cm³/mol. The Morgan fingerprint density at radius 3 is 2.14 bits per heavy atom. The maximum atomic E-state index is 9.37. The lowest BCUT2D eigenvalue weighted by atomic mass is 10.1. The van der Waals surface area contributed by atoms with E-state index in [2.05, 4.69) is 54.9 Å². The molecule has 0 amide bonds. The molecule has 0 fully saturated rings. The topological polar surface area (TPSA) is 40.6 Å². The van der Waals surface area contributed by atoms with Crippen LogP contribution in [-0.2, 0) is 0 Å². The average Bonchev–Trinajstić information content (AvgIpc) is 2.74. The highest BCUT2D eigenvalue weighted by Crippen LogP contribution is 2.35. The van der Waals surface area contributed by atoms with Gasteiger partial charge in [0.25, 0.3) is 0 Å². The molecule has 2 aromatic rings. The Bertz CT molecular complexity index is 765. The third-order valence-electron chi connectivity index (χ3n) is 5.20. The third kappa shape index (κ3) is 7.42. The minimum absolute atomic E-state index is 0.485. The fourth-order valence-corrected chi connectivity index (χ4v) is 3.41. The highest BCUT2D eigenvalue weighted by atomic mass is 16.5. The molecule has 4 nitrogen and oxygen atoms in total. The fraction of sp³-hybridized carbons (Fsp3) is 0.520. The second kappa shape index (κ2) is 12.8. The summed E-state index contributed by atoms with van der Waals surface area (Å²) >= 11 is 0. The van der Waals surface area contributed by atoms with Crippen LogP contribution in [-0.4, -0.2) is 13.2 Å². The Morgan fingerprint density at radius 1 is 0.828 bits per heavy atom. The van der Waals surface area contributed by atoms with Crippen molar-refractivity contribution in [1.82, 2.24) is 0 Å². The summed E-state index contributed by atoms with van der Waals surface area (Å²) in [6, 6.07) is 14.5. The van der Waals surface area contributed by atoms with Gasteiger partial charge in [0.15, 0.2) is 4.98 Å². The van der Waals surface area contributed by atoms with Crippen LogP contribution in [0.15, 0.2) is 42.5 Å². The summed E-state index contributed by atoms with van der Waals surface area (Å²) in [4.78, 5) is 5.75. The fourth-order valence-electron chi connectivity index (χ4n) is 3.41. The molecule has 0 aromatic heterocycles. The molecule has 0 radical (unpaired) electrons. The van der Waals surface area contributed by atoms with E-state index in [1.165, 1.54) is 43.4 Å². The molecule has 0 aliphatic carbocycles. The smallest absolute Gasteiger partial charge is 0.426 e. The van der Waals surface area contributed by atoms with Crippen molar-refractivity contribution >= 4 is 17.1 Å². The summed E-state index contributed by atoms with van der Waals surface area (Å²) in [6.07, 6.45) is 9.46. The van der Waals surface area contributed by atoms with Gasteiger partial charge in [-0.15, -0.1) is 0 Å². The first kappa shape index (κ1) is 22.7. The molecule has 156 valence electrons. The Morgan fingerprint density at radius 2 is 1.48 bits per heavy atom. The second-order valence-corrected chi connectivity index (χ2v) is 7.71. The van der Waals surface area contributed by atoms with Crippen LogP contribution in [0.25, 0.3) is 4.98 Å². The Balaban J connectivity index is 2.20. The van der Waals surface area contributed by atoms with Crippen LogP contribution in [0, 0.1) is 12.3 Å². The van der Waals surface area contributed by atoms with Crippen molar-refractivity contribution in [1.29, 1.82) is 5.39 Å². The van der Waals surface area contributed by atoms with E-state index in [0.717, 1.165) is 31.5 Å². The van der Waals surface area contributed by atoms with E-state index in [1.807, 2.05) is 18.2 Å². The number of nitrogens with zero attached hydrogens (tertiary/aromatic N) is 3. The van der Waals surface area contributed by atoms with Gasteiger partial charge >= 0.3 is 5.69 Å². The average molecular weight is 395 g/mol. The molecule has 0 saturated carbocycles. The van der Waals surface area contributed by atoms with E-state index in [9.17, 15) is 5.39 Å². The summed E-state index contributed by atoms with van der Waals surface area (Å²) in [5, 5.41) is 9.37. The molecule has 2 rings (SSSR count). The number of anilines is 2. The first-order valence-corrected chi connectivity index (χ1v) is 11.2. The molecule has 29 heavy (non-hydrogen) atoms. The number of hydrogen-bond donors (Lipinski definition) is 0. The van der Waals surface area contributed by atoms with Crippen LogP contribution >= 0.6 is 0 Å². The maximum Gasteiger partial charge on any atom is 0.426 e. The van der Waals surface area contributed by atoms with E-state index in [0.29, 0.717) is 18.0 Å². The summed E-state index contributed by atoms with van der Waals surface area (Å²) in [7, 11) is 0.